The third kappa shape index (κ3) is 4.21. The molecule has 1 fully saturated rings. The molecule has 2 N–H and O–H groups in total. The molecule has 0 radical (unpaired) electrons. The van der Waals surface area contributed by atoms with Gasteiger partial charge in [0, 0.05) is 16.8 Å². The van der Waals surface area contributed by atoms with Gasteiger partial charge >= 0.3 is 0 Å². The van der Waals surface area contributed by atoms with Gasteiger partial charge in [0.25, 0.3) is 0 Å². The van der Waals surface area contributed by atoms with Crippen LogP contribution in [0.5, 0.6) is 0 Å². The second-order valence-electron chi connectivity index (χ2n) is 6.16. The number of hydrogen-bond donors (Lipinski definition) is 2. The fourth-order valence-electron chi connectivity index (χ4n) is 2.94. The van der Waals surface area contributed by atoms with Gasteiger partial charge in [0.1, 0.15) is 0 Å². The zero-order valence-corrected chi connectivity index (χ0v) is 13.8. The molecule has 21 heavy (non-hydrogen) atoms. The molecule has 3 unspecified atom stereocenters. The molecule has 3 atom stereocenters. The van der Waals surface area contributed by atoms with E-state index in [1.807, 2.05) is 32.0 Å². The summed E-state index contributed by atoms with van der Waals surface area (Å²) in [6, 6.07) is 5.81. The Morgan fingerprint density at radius 1 is 1.33 bits per heavy atom. The van der Waals surface area contributed by atoms with E-state index in [2.05, 4.69) is 17.6 Å². The summed E-state index contributed by atoms with van der Waals surface area (Å²) in [4.78, 5) is 12.3. The number of benzene rings is 1. The van der Waals surface area contributed by atoms with Crippen molar-refractivity contribution >= 4 is 23.2 Å². The van der Waals surface area contributed by atoms with Gasteiger partial charge < -0.3 is 10.6 Å². The summed E-state index contributed by atoms with van der Waals surface area (Å²) in [5, 5.41) is 7.12. The highest BCUT2D eigenvalue weighted by molar-refractivity contribution is 6.31. The minimum absolute atomic E-state index is 0.00172. The lowest BCUT2D eigenvalue weighted by Crippen LogP contribution is -2.47. The SMILES string of the molecule is Cc1c(Cl)cccc1NC(=O)C(C)NC1CCCCC1C. The summed E-state index contributed by atoms with van der Waals surface area (Å²) in [7, 11) is 0. The molecule has 1 aromatic rings. The number of amides is 1. The Balaban J connectivity index is 1.94. The standard InChI is InChI=1S/C17H25ClN2O/c1-11-7-4-5-9-15(11)19-13(3)17(21)20-16-10-6-8-14(18)12(16)2/h6,8,10-11,13,15,19H,4-5,7,9H2,1-3H3,(H,20,21). The topological polar surface area (TPSA) is 41.1 Å². The lowest BCUT2D eigenvalue weighted by atomic mass is 9.85. The van der Waals surface area contributed by atoms with Crippen LogP contribution in [0.4, 0.5) is 5.69 Å². The van der Waals surface area contributed by atoms with Crippen LogP contribution in [0.25, 0.3) is 0 Å². The second kappa shape index (κ2) is 7.28. The smallest absolute Gasteiger partial charge is 0.241 e. The van der Waals surface area contributed by atoms with Crippen LogP contribution in [0.15, 0.2) is 18.2 Å². The molecular formula is C17H25ClN2O. The molecule has 1 aromatic carbocycles. The molecule has 0 aromatic heterocycles. The molecular weight excluding hydrogens is 284 g/mol. The number of carbonyl (C=O) groups is 1. The quantitative estimate of drug-likeness (QED) is 0.877. The molecule has 0 saturated heterocycles. The zero-order valence-electron chi connectivity index (χ0n) is 13.1. The molecule has 4 heteroatoms. The molecule has 0 aliphatic heterocycles. The lowest BCUT2D eigenvalue weighted by molar-refractivity contribution is -0.118. The van der Waals surface area contributed by atoms with Gasteiger partial charge in [0.15, 0.2) is 0 Å². The Hall–Kier alpha value is -1.06. The molecule has 1 saturated carbocycles. The fourth-order valence-corrected chi connectivity index (χ4v) is 3.12. The highest BCUT2D eigenvalue weighted by Gasteiger charge is 2.25. The first-order chi connectivity index (χ1) is 9.99. The second-order valence-corrected chi connectivity index (χ2v) is 6.57. The molecule has 0 bridgehead atoms. The molecule has 1 aliphatic carbocycles. The number of hydrogen-bond acceptors (Lipinski definition) is 2. The van der Waals surface area contributed by atoms with Crippen LogP contribution in [0, 0.1) is 12.8 Å². The zero-order chi connectivity index (χ0) is 15.4. The largest absolute Gasteiger partial charge is 0.324 e. The molecule has 0 heterocycles. The van der Waals surface area contributed by atoms with Crippen LogP contribution in [-0.2, 0) is 4.79 Å². The Morgan fingerprint density at radius 3 is 2.76 bits per heavy atom. The van der Waals surface area contributed by atoms with Crippen LogP contribution < -0.4 is 10.6 Å². The Morgan fingerprint density at radius 2 is 2.05 bits per heavy atom. The van der Waals surface area contributed by atoms with Gasteiger partial charge in [0.05, 0.1) is 6.04 Å². The average molecular weight is 309 g/mol. The molecule has 2 rings (SSSR count). The molecule has 1 aliphatic rings. The van der Waals surface area contributed by atoms with Crippen molar-refractivity contribution in [2.24, 2.45) is 5.92 Å². The van der Waals surface area contributed by atoms with Crippen molar-refractivity contribution in [2.75, 3.05) is 5.32 Å². The third-order valence-electron chi connectivity index (χ3n) is 4.49. The lowest BCUT2D eigenvalue weighted by Gasteiger charge is -2.31. The van der Waals surface area contributed by atoms with E-state index < -0.39 is 0 Å². The highest BCUT2D eigenvalue weighted by Crippen LogP contribution is 2.25. The summed E-state index contributed by atoms with van der Waals surface area (Å²) >= 11 is 6.08. The van der Waals surface area contributed by atoms with Crippen LogP contribution in [0.3, 0.4) is 0 Å². The van der Waals surface area contributed by atoms with Crippen LogP contribution in [0.1, 0.15) is 45.1 Å². The molecule has 3 nitrogen and oxygen atoms in total. The highest BCUT2D eigenvalue weighted by atomic mass is 35.5. The van der Waals surface area contributed by atoms with Gasteiger partial charge in [-0.05, 0) is 50.3 Å². The van der Waals surface area contributed by atoms with Gasteiger partial charge in [-0.3, -0.25) is 4.79 Å². The van der Waals surface area contributed by atoms with E-state index in [0.717, 1.165) is 17.7 Å². The third-order valence-corrected chi connectivity index (χ3v) is 4.90. The Kier molecular flexibility index (Phi) is 5.65. The van der Waals surface area contributed by atoms with Gasteiger partial charge in [-0.25, -0.2) is 0 Å². The maximum absolute atomic E-state index is 12.3. The van der Waals surface area contributed by atoms with Crippen molar-refractivity contribution < 1.29 is 4.79 Å². The first kappa shape index (κ1) is 16.3. The van der Waals surface area contributed by atoms with E-state index in [1.54, 1.807) is 0 Å². The summed E-state index contributed by atoms with van der Waals surface area (Å²) in [6.07, 6.45) is 4.97. The van der Waals surface area contributed by atoms with Gasteiger partial charge in [0.2, 0.25) is 5.91 Å². The molecule has 116 valence electrons. The van der Waals surface area contributed by atoms with Gasteiger partial charge in [-0.2, -0.15) is 0 Å². The van der Waals surface area contributed by atoms with Crippen molar-refractivity contribution in [3.63, 3.8) is 0 Å². The van der Waals surface area contributed by atoms with E-state index in [1.165, 1.54) is 19.3 Å². The van der Waals surface area contributed by atoms with Gasteiger partial charge in [-0.15, -0.1) is 0 Å². The monoisotopic (exact) mass is 308 g/mol. The number of carbonyl (C=O) groups excluding carboxylic acids is 1. The minimum Gasteiger partial charge on any atom is -0.324 e. The van der Waals surface area contributed by atoms with E-state index in [0.29, 0.717) is 17.0 Å². The molecule has 1 amide bonds. The maximum Gasteiger partial charge on any atom is 0.241 e. The number of anilines is 1. The number of halogens is 1. The first-order valence-electron chi connectivity index (χ1n) is 7.81. The normalized spacial score (nSPS) is 23.6. The van der Waals surface area contributed by atoms with E-state index >= 15 is 0 Å². The number of nitrogens with one attached hydrogen (secondary N) is 2. The summed E-state index contributed by atoms with van der Waals surface area (Å²) in [6.45, 7) is 6.11. The average Bonchev–Trinajstić information content (AvgIpc) is 2.46. The summed E-state index contributed by atoms with van der Waals surface area (Å²) < 4.78 is 0. The minimum atomic E-state index is -0.200. The van der Waals surface area contributed by atoms with Crippen LogP contribution in [-0.4, -0.2) is 18.0 Å². The Labute approximate surface area is 132 Å². The predicted octanol–water partition coefficient (Wildman–Crippen LogP) is 4.14. The summed E-state index contributed by atoms with van der Waals surface area (Å²) in [5.41, 5.74) is 1.70. The van der Waals surface area contributed by atoms with Crippen LogP contribution in [0.2, 0.25) is 5.02 Å². The van der Waals surface area contributed by atoms with Gasteiger partial charge in [-0.1, -0.05) is 37.4 Å². The van der Waals surface area contributed by atoms with Crippen LogP contribution >= 0.6 is 11.6 Å². The van der Waals surface area contributed by atoms with Crippen molar-refractivity contribution in [3.8, 4) is 0 Å². The van der Waals surface area contributed by atoms with E-state index in [9.17, 15) is 4.79 Å². The van der Waals surface area contributed by atoms with E-state index in [4.69, 9.17) is 11.6 Å². The first-order valence-corrected chi connectivity index (χ1v) is 8.19. The number of rotatable bonds is 4. The predicted molar refractivity (Wildman–Crippen MR) is 88.8 cm³/mol. The van der Waals surface area contributed by atoms with E-state index in [-0.39, 0.29) is 11.9 Å². The van der Waals surface area contributed by atoms with Crippen molar-refractivity contribution in [2.45, 2.75) is 58.5 Å². The summed E-state index contributed by atoms with van der Waals surface area (Å²) in [5.74, 6) is 0.639. The van der Waals surface area contributed by atoms with Crippen molar-refractivity contribution in [1.82, 2.24) is 5.32 Å². The Bertz CT molecular complexity index is 504. The van der Waals surface area contributed by atoms with Crippen molar-refractivity contribution in [1.29, 1.82) is 0 Å². The fraction of sp³-hybridized carbons (Fsp3) is 0.588. The maximum atomic E-state index is 12.3. The molecule has 0 spiro atoms. The van der Waals surface area contributed by atoms with Crippen molar-refractivity contribution in [3.05, 3.63) is 28.8 Å².